The average molecular weight is 417 g/mol. The molecule has 1 saturated heterocycles. The molecule has 1 aliphatic carbocycles. The summed E-state index contributed by atoms with van der Waals surface area (Å²) in [6.07, 6.45) is 2.92. The topological polar surface area (TPSA) is 56.0 Å². The molecule has 1 aliphatic heterocycles. The van der Waals surface area contributed by atoms with Crippen LogP contribution in [0, 0.1) is 0 Å². The number of hydrogen-bond acceptors (Lipinski definition) is 4. The Bertz CT molecular complexity index is 1130. The molecule has 0 radical (unpaired) electrons. The van der Waals surface area contributed by atoms with E-state index >= 15 is 0 Å². The number of hydrogen-bond donors (Lipinski definition) is 0. The molecule has 6 nitrogen and oxygen atoms in total. The van der Waals surface area contributed by atoms with Gasteiger partial charge < -0.3 is 4.57 Å². The summed E-state index contributed by atoms with van der Waals surface area (Å²) in [5.41, 5.74) is 0.850. The number of fused-ring (bicyclic) bond motifs is 1. The van der Waals surface area contributed by atoms with Gasteiger partial charge in [0.15, 0.2) is 0 Å². The molecule has 0 bridgehead atoms. The fourth-order valence-electron chi connectivity index (χ4n) is 4.42. The highest BCUT2D eigenvalue weighted by atomic mass is 19.4. The van der Waals surface area contributed by atoms with E-state index in [9.17, 15) is 18.0 Å². The molecule has 3 heterocycles. The van der Waals surface area contributed by atoms with Gasteiger partial charge in [0, 0.05) is 18.8 Å². The Morgan fingerprint density at radius 1 is 1.13 bits per heavy atom. The summed E-state index contributed by atoms with van der Waals surface area (Å²) in [6.45, 7) is -0.00550. The van der Waals surface area contributed by atoms with Gasteiger partial charge in [0.2, 0.25) is 0 Å². The summed E-state index contributed by atoms with van der Waals surface area (Å²) in [5, 5.41) is 0.210. The third-order valence-electron chi connectivity index (χ3n) is 5.94. The molecule has 1 unspecified atom stereocenters. The van der Waals surface area contributed by atoms with Crippen LogP contribution in [0.5, 0.6) is 0 Å². The highest BCUT2D eigenvalue weighted by Gasteiger charge is 2.36. The molecular formula is C21H22F3N5O. The average Bonchev–Trinajstić information content (AvgIpc) is 3.26. The normalized spacial score (nSPS) is 20.3. The second-order valence-electron chi connectivity index (χ2n) is 8.15. The highest BCUT2D eigenvalue weighted by Crippen LogP contribution is 2.38. The maximum absolute atomic E-state index is 13.3. The summed E-state index contributed by atoms with van der Waals surface area (Å²) in [6, 6.07) is 6.73. The minimum atomic E-state index is -4.50. The van der Waals surface area contributed by atoms with Crippen LogP contribution in [0.2, 0.25) is 0 Å². The van der Waals surface area contributed by atoms with Crippen molar-refractivity contribution in [2.24, 2.45) is 0 Å². The molecule has 0 spiro atoms. The Morgan fingerprint density at radius 2 is 1.93 bits per heavy atom. The first-order chi connectivity index (χ1) is 14.4. The maximum atomic E-state index is 13.3. The molecular weight excluding hydrogens is 395 g/mol. The Balaban J connectivity index is 1.55. The van der Waals surface area contributed by atoms with Gasteiger partial charge in [-0.2, -0.15) is 13.2 Å². The van der Waals surface area contributed by atoms with Crippen molar-refractivity contribution in [2.45, 2.75) is 57.0 Å². The molecule has 0 N–H and O–H groups in total. The molecule has 9 heteroatoms. The Morgan fingerprint density at radius 3 is 2.70 bits per heavy atom. The van der Waals surface area contributed by atoms with Crippen LogP contribution in [0.4, 0.5) is 13.2 Å². The summed E-state index contributed by atoms with van der Waals surface area (Å²) in [7, 11) is 0. The zero-order chi connectivity index (χ0) is 20.9. The highest BCUT2D eigenvalue weighted by molar-refractivity contribution is 5.77. The molecule has 158 valence electrons. The number of nitrogens with zero attached hydrogens (tertiary/aromatic N) is 5. The van der Waals surface area contributed by atoms with Crippen molar-refractivity contribution in [1.29, 1.82) is 0 Å². The van der Waals surface area contributed by atoms with Crippen molar-refractivity contribution in [3.8, 4) is 0 Å². The van der Waals surface area contributed by atoms with Crippen molar-refractivity contribution in [1.82, 2.24) is 24.0 Å². The van der Waals surface area contributed by atoms with Gasteiger partial charge in [0.1, 0.15) is 12.4 Å². The van der Waals surface area contributed by atoms with Gasteiger partial charge in [-0.15, -0.1) is 0 Å². The quantitative estimate of drug-likeness (QED) is 0.633. The first-order valence-electron chi connectivity index (χ1n) is 10.2. The Hall–Kier alpha value is -2.68. The van der Waals surface area contributed by atoms with Crippen molar-refractivity contribution >= 4 is 10.9 Å². The summed E-state index contributed by atoms with van der Waals surface area (Å²) < 4.78 is 43.0. The molecule has 1 atom stereocenters. The minimum absolute atomic E-state index is 0.200. The molecule has 30 heavy (non-hydrogen) atoms. The number of para-hydroxylation sites is 1. The van der Waals surface area contributed by atoms with Gasteiger partial charge in [-0.05, 0) is 44.4 Å². The lowest BCUT2D eigenvalue weighted by Gasteiger charge is -2.27. The Labute approximate surface area is 171 Å². The lowest BCUT2D eigenvalue weighted by atomic mass is 10.1. The van der Waals surface area contributed by atoms with Crippen molar-refractivity contribution in [2.75, 3.05) is 6.54 Å². The first kappa shape index (κ1) is 19.3. The molecule has 2 aliphatic rings. The van der Waals surface area contributed by atoms with E-state index < -0.39 is 18.3 Å². The third-order valence-corrected chi connectivity index (χ3v) is 5.94. The summed E-state index contributed by atoms with van der Waals surface area (Å²) in [4.78, 5) is 23.9. The zero-order valence-electron chi connectivity index (χ0n) is 16.3. The van der Waals surface area contributed by atoms with Crippen LogP contribution in [-0.2, 0) is 13.1 Å². The molecule has 1 saturated carbocycles. The third kappa shape index (κ3) is 3.62. The fourth-order valence-corrected chi connectivity index (χ4v) is 4.42. The number of rotatable bonds is 5. The number of halogens is 3. The lowest BCUT2D eigenvalue weighted by Crippen LogP contribution is -2.35. The van der Waals surface area contributed by atoms with Crippen LogP contribution in [0.1, 0.15) is 49.3 Å². The van der Waals surface area contributed by atoms with Gasteiger partial charge in [0.25, 0.3) is 5.56 Å². The second-order valence-corrected chi connectivity index (χ2v) is 8.15. The standard InChI is InChI=1S/C21H22F3N5O/c22-21(23,24)12-28-19(26-17-5-2-1-4-16(17)20(28)30)18-6-3-9-27(18)11-15-10-25-13-29(15)14-7-8-14/h1-2,4-5,10,13-14,18H,3,6-9,11-12H2. The van der Waals surface area contributed by atoms with Gasteiger partial charge >= 0.3 is 6.18 Å². The van der Waals surface area contributed by atoms with Crippen LogP contribution < -0.4 is 5.56 Å². The van der Waals surface area contributed by atoms with E-state index in [-0.39, 0.29) is 17.3 Å². The van der Waals surface area contributed by atoms with Crippen molar-refractivity contribution in [3.63, 3.8) is 0 Å². The minimum Gasteiger partial charge on any atom is -0.330 e. The van der Waals surface area contributed by atoms with E-state index in [1.165, 1.54) is 6.07 Å². The largest absolute Gasteiger partial charge is 0.406 e. The van der Waals surface area contributed by atoms with Crippen LogP contribution in [-0.4, -0.2) is 36.7 Å². The van der Waals surface area contributed by atoms with Crippen molar-refractivity contribution in [3.05, 3.63) is 58.7 Å². The second kappa shape index (κ2) is 7.23. The monoisotopic (exact) mass is 417 g/mol. The van der Waals surface area contributed by atoms with Crippen LogP contribution in [0.3, 0.4) is 0 Å². The van der Waals surface area contributed by atoms with Gasteiger partial charge in [-0.3, -0.25) is 14.3 Å². The van der Waals surface area contributed by atoms with Crippen molar-refractivity contribution < 1.29 is 13.2 Å². The first-order valence-corrected chi connectivity index (χ1v) is 10.2. The molecule has 5 rings (SSSR count). The Kier molecular flexibility index (Phi) is 4.65. The van der Waals surface area contributed by atoms with E-state index in [2.05, 4.69) is 19.4 Å². The predicted octanol–water partition coefficient (Wildman–Crippen LogP) is 3.83. The molecule has 2 fully saturated rings. The van der Waals surface area contributed by atoms with Crippen LogP contribution in [0.25, 0.3) is 10.9 Å². The predicted molar refractivity (Wildman–Crippen MR) is 105 cm³/mol. The number of imidazole rings is 1. The maximum Gasteiger partial charge on any atom is 0.406 e. The van der Waals surface area contributed by atoms with Crippen LogP contribution >= 0.6 is 0 Å². The number of likely N-dealkylation sites (tertiary alicyclic amines) is 1. The molecule has 3 aromatic rings. The van der Waals surface area contributed by atoms with E-state index in [1.54, 1.807) is 18.2 Å². The van der Waals surface area contributed by atoms with Crippen LogP contribution in [0.15, 0.2) is 41.6 Å². The van der Waals surface area contributed by atoms with Gasteiger partial charge in [0.05, 0.1) is 29.0 Å². The van der Waals surface area contributed by atoms with E-state index in [0.29, 0.717) is 24.5 Å². The zero-order valence-corrected chi connectivity index (χ0v) is 16.3. The molecule has 0 amide bonds. The van der Waals surface area contributed by atoms with E-state index in [0.717, 1.165) is 36.1 Å². The van der Waals surface area contributed by atoms with E-state index in [4.69, 9.17) is 0 Å². The van der Waals surface area contributed by atoms with E-state index in [1.807, 2.05) is 12.5 Å². The smallest absolute Gasteiger partial charge is 0.330 e. The lowest BCUT2D eigenvalue weighted by molar-refractivity contribution is -0.142. The fraction of sp³-hybridized carbons (Fsp3) is 0.476. The SMILES string of the molecule is O=c1c2ccccc2nc(C2CCCN2Cc2cncn2C2CC2)n1CC(F)(F)F. The molecule has 2 aromatic heterocycles. The number of benzene rings is 1. The van der Waals surface area contributed by atoms with Gasteiger partial charge in [-0.25, -0.2) is 9.97 Å². The number of alkyl halides is 3. The summed E-state index contributed by atoms with van der Waals surface area (Å²) >= 11 is 0. The summed E-state index contributed by atoms with van der Waals surface area (Å²) in [5.74, 6) is 0.200. The molecule has 1 aromatic carbocycles. The van der Waals surface area contributed by atoms with Gasteiger partial charge in [-0.1, -0.05) is 12.1 Å². The number of aromatic nitrogens is 4.